The van der Waals surface area contributed by atoms with Crippen LogP contribution >= 0.6 is 11.6 Å². The summed E-state index contributed by atoms with van der Waals surface area (Å²) in [5.74, 6) is -0.114. The molecule has 3 aromatic carbocycles. The number of carbonyl (C=O) groups excluding carboxylic acids is 1. The number of hydrogen-bond donors (Lipinski definition) is 1. The molecular weight excluding hydrogens is 567 g/mol. The number of carbonyl (C=O) groups is 1. The predicted molar refractivity (Wildman–Crippen MR) is 157 cm³/mol. The van der Waals surface area contributed by atoms with Crippen LogP contribution in [0.3, 0.4) is 0 Å². The van der Waals surface area contributed by atoms with Crippen molar-refractivity contribution >= 4 is 28.4 Å². The summed E-state index contributed by atoms with van der Waals surface area (Å²) in [4.78, 5) is 15.5. The van der Waals surface area contributed by atoms with E-state index < -0.39 is 17.7 Å². The van der Waals surface area contributed by atoms with Crippen molar-refractivity contribution in [3.63, 3.8) is 0 Å². The Labute approximate surface area is 248 Å². The molecule has 1 saturated heterocycles. The molecule has 0 radical (unpaired) electrons. The summed E-state index contributed by atoms with van der Waals surface area (Å²) in [6.45, 7) is 4.59. The van der Waals surface area contributed by atoms with Crippen LogP contribution in [0, 0.1) is 0 Å². The van der Waals surface area contributed by atoms with Gasteiger partial charge in [0.25, 0.3) is 0 Å². The second-order valence-corrected chi connectivity index (χ2v) is 10.8. The number of alkyl halides is 3. The number of aromatic nitrogens is 1. The topological polar surface area (TPSA) is 55.7 Å². The lowest BCUT2D eigenvalue weighted by atomic mass is 9.87. The molecule has 0 spiro atoms. The van der Waals surface area contributed by atoms with Crippen molar-refractivity contribution < 1.29 is 27.4 Å². The number of nitrogens with zero attached hydrogens (tertiary/aromatic N) is 2. The van der Waals surface area contributed by atoms with Crippen LogP contribution in [0.15, 0.2) is 72.9 Å². The molecule has 0 aliphatic carbocycles. The van der Waals surface area contributed by atoms with E-state index in [2.05, 4.69) is 14.8 Å². The first kappa shape index (κ1) is 29.9. The van der Waals surface area contributed by atoms with E-state index in [0.29, 0.717) is 38.4 Å². The lowest BCUT2D eigenvalue weighted by Gasteiger charge is -2.26. The highest BCUT2D eigenvalue weighted by atomic mass is 35.5. The van der Waals surface area contributed by atoms with Crippen molar-refractivity contribution in [2.24, 2.45) is 0 Å². The fourth-order valence-electron chi connectivity index (χ4n) is 5.43. The number of rotatable bonds is 10. The second kappa shape index (κ2) is 13.2. The number of amides is 1. The standard InChI is InChI=1S/C32H33ClF3N3O3/c1-41-24-9-6-22(7-10-24)20-39-21-27(25-4-2-3-5-30(25)39)26(23-8-11-29(33)28(18-23)32(34,35)36)19-31(40)37-12-13-38-14-16-42-17-15-38/h2-11,18,21,26H,12-17,19-20H2,1H3,(H,37,40). The summed E-state index contributed by atoms with van der Waals surface area (Å²) in [5, 5.41) is 3.48. The monoisotopic (exact) mass is 599 g/mol. The normalized spacial score (nSPS) is 15.1. The third-order valence-corrected chi connectivity index (χ3v) is 7.98. The minimum Gasteiger partial charge on any atom is -0.497 e. The van der Waals surface area contributed by atoms with Gasteiger partial charge in [-0.3, -0.25) is 9.69 Å². The number of methoxy groups -OCH3 is 1. The van der Waals surface area contributed by atoms with Gasteiger partial charge in [-0.05, 0) is 47.0 Å². The summed E-state index contributed by atoms with van der Waals surface area (Å²) >= 11 is 5.96. The lowest BCUT2D eigenvalue weighted by molar-refractivity contribution is -0.137. The van der Waals surface area contributed by atoms with Gasteiger partial charge in [-0.2, -0.15) is 13.2 Å². The summed E-state index contributed by atoms with van der Waals surface area (Å²) in [6.07, 6.45) is -2.69. The highest BCUT2D eigenvalue weighted by molar-refractivity contribution is 6.31. The number of para-hydroxylation sites is 1. The van der Waals surface area contributed by atoms with Gasteiger partial charge in [0, 0.05) is 62.2 Å². The summed E-state index contributed by atoms with van der Waals surface area (Å²) in [5.41, 5.74) is 2.19. The Hall–Kier alpha value is -3.53. The van der Waals surface area contributed by atoms with Gasteiger partial charge >= 0.3 is 6.18 Å². The van der Waals surface area contributed by atoms with E-state index in [9.17, 15) is 18.0 Å². The first-order valence-electron chi connectivity index (χ1n) is 13.9. The largest absolute Gasteiger partial charge is 0.497 e. The zero-order valence-electron chi connectivity index (χ0n) is 23.3. The molecule has 10 heteroatoms. The molecule has 4 aromatic rings. The number of nitrogens with one attached hydrogen (secondary N) is 1. The van der Waals surface area contributed by atoms with Crippen molar-refractivity contribution in [1.82, 2.24) is 14.8 Å². The van der Waals surface area contributed by atoms with Crippen LogP contribution in [0.1, 0.15) is 34.6 Å². The van der Waals surface area contributed by atoms with Crippen molar-refractivity contribution in [1.29, 1.82) is 0 Å². The molecule has 1 aliphatic heterocycles. The van der Waals surface area contributed by atoms with Gasteiger partial charge < -0.3 is 19.4 Å². The maximum absolute atomic E-state index is 13.9. The van der Waals surface area contributed by atoms with Crippen molar-refractivity contribution in [2.45, 2.75) is 25.1 Å². The SMILES string of the molecule is COc1ccc(Cn2cc(C(CC(=O)NCCN3CCOCC3)c3ccc(Cl)c(C(F)(F)F)c3)c3ccccc32)cc1. The fourth-order valence-corrected chi connectivity index (χ4v) is 5.66. The molecule has 2 heterocycles. The summed E-state index contributed by atoms with van der Waals surface area (Å²) < 4.78 is 54.3. The molecule has 1 fully saturated rings. The fraction of sp³-hybridized carbons (Fsp3) is 0.344. The Kier molecular flexibility index (Phi) is 9.40. The van der Waals surface area contributed by atoms with E-state index in [1.54, 1.807) is 13.2 Å². The third-order valence-electron chi connectivity index (χ3n) is 7.65. The van der Waals surface area contributed by atoms with Crippen molar-refractivity contribution in [3.8, 4) is 5.75 Å². The zero-order chi connectivity index (χ0) is 29.7. The molecule has 1 amide bonds. The summed E-state index contributed by atoms with van der Waals surface area (Å²) in [7, 11) is 1.61. The average molecular weight is 600 g/mol. The van der Waals surface area contributed by atoms with Gasteiger partial charge in [0.15, 0.2) is 0 Å². The number of fused-ring (bicyclic) bond motifs is 1. The first-order chi connectivity index (χ1) is 20.2. The van der Waals surface area contributed by atoms with Crippen molar-refractivity contribution in [2.75, 3.05) is 46.5 Å². The van der Waals surface area contributed by atoms with Gasteiger partial charge in [-0.15, -0.1) is 0 Å². The van der Waals surface area contributed by atoms with Crippen LogP contribution in [-0.4, -0.2) is 61.9 Å². The number of hydrogen-bond acceptors (Lipinski definition) is 4. The van der Waals surface area contributed by atoms with Crippen LogP contribution in [-0.2, 0) is 22.3 Å². The zero-order valence-corrected chi connectivity index (χ0v) is 24.0. The van der Waals surface area contributed by atoms with E-state index in [1.165, 1.54) is 6.07 Å². The quantitative estimate of drug-likeness (QED) is 0.231. The Balaban J connectivity index is 1.48. The molecule has 1 aromatic heterocycles. The van der Waals surface area contributed by atoms with E-state index in [0.717, 1.165) is 46.9 Å². The predicted octanol–water partition coefficient (Wildman–Crippen LogP) is 6.34. The summed E-state index contributed by atoms with van der Waals surface area (Å²) in [6, 6.07) is 19.4. The Morgan fingerprint density at radius 1 is 1.07 bits per heavy atom. The van der Waals surface area contributed by atoms with Crippen LogP contribution < -0.4 is 10.1 Å². The van der Waals surface area contributed by atoms with E-state index in [1.807, 2.05) is 54.7 Å². The minimum atomic E-state index is -4.62. The molecular formula is C32H33ClF3N3O3. The Morgan fingerprint density at radius 3 is 2.52 bits per heavy atom. The van der Waals surface area contributed by atoms with E-state index in [-0.39, 0.29) is 17.4 Å². The highest BCUT2D eigenvalue weighted by Crippen LogP contribution is 2.40. The highest BCUT2D eigenvalue weighted by Gasteiger charge is 2.34. The number of ether oxygens (including phenoxy) is 2. The van der Waals surface area contributed by atoms with Gasteiger partial charge in [-0.1, -0.05) is 48.0 Å². The van der Waals surface area contributed by atoms with Crippen molar-refractivity contribution in [3.05, 3.63) is 100 Å². The number of benzene rings is 3. The Bertz CT molecular complexity index is 1520. The average Bonchev–Trinajstić information content (AvgIpc) is 3.34. The second-order valence-electron chi connectivity index (χ2n) is 10.4. The molecule has 0 bridgehead atoms. The smallest absolute Gasteiger partial charge is 0.417 e. The molecule has 1 N–H and O–H groups in total. The molecule has 42 heavy (non-hydrogen) atoms. The van der Waals surface area contributed by atoms with Crippen LogP contribution in [0.25, 0.3) is 10.9 Å². The van der Waals surface area contributed by atoms with Crippen LogP contribution in [0.2, 0.25) is 5.02 Å². The molecule has 6 nitrogen and oxygen atoms in total. The number of halogens is 4. The van der Waals surface area contributed by atoms with Gasteiger partial charge in [0.05, 0.1) is 30.9 Å². The maximum atomic E-state index is 13.9. The molecule has 222 valence electrons. The van der Waals surface area contributed by atoms with Crippen LogP contribution in [0.5, 0.6) is 5.75 Å². The first-order valence-corrected chi connectivity index (χ1v) is 14.2. The third kappa shape index (κ3) is 7.09. The van der Waals surface area contributed by atoms with Gasteiger partial charge in [0.1, 0.15) is 5.75 Å². The molecule has 0 saturated carbocycles. The maximum Gasteiger partial charge on any atom is 0.417 e. The van der Waals surface area contributed by atoms with Crippen LogP contribution in [0.4, 0.5) is 13.2 Å². The van der Waals surface area contributed by atoms with E-state index >= 15 is 0 Å². The van der Waals surface area contributed by atoms with Gasteiger partial charge in [0.2, 0.25) is 5.91 Å². The Morgan fingerprint density at radius 2 is 1.81 bits per heavy atom. The van der Waals surface area contributed by atoms with E-state index in [4.69, 9.17) is 21.1 Å². The van der Waals surface area contributed by atoms with Gasteiger partial charge in [-0.25, -0.2) is 0 Å². The lowest BCUT2D eigenvalue weighted by Crippen LogP contribution is -2.41. The molecule has 5 rings (SSSR count). The molecule has 1 unspecified atom stereocenters. The molecule has 1 aliphatic rings. The molecule has 1 atom stereocenters. The number of morpholine rings is 1. The minimum absolute atomic E-state index is 0.0153.